The van der Waals surface area contributed by atoms with Crippen LogP contribution in [0.25, 0.3) is 0 Å². The second-order valence-corrected chi connectivity index (χ2v) is 5.08. The van der Waals surface area contributed by atoms with Gasteiger partial charge in [0.15, 0.2) is 0 Å². The molecule has 2 atom stereocenters. The summed E-state index contributed by atoms with van der Waals surface area (Å²) in [5.74, 6) is 0.625. The molecule has 2 aliphatic rings. The van der Waals surface area contributed by atoms with Crippen LogP contribution >= 0.6 is 0 Å². The number of nitrogens with one attached hydrogen (secondary N) is 2. The third-order valence-corrected chi connectivity index (χ3v) is 3.51. The van der Waals surface area contributed by atoms with Crippen molar-refractivity contribution in [3.8, 4) is 0 Å². The average Bonchev–Trinajstić information content (AvgIpc) is 2.37. The molecule has 0 aromatic heterocycles. The fourth-order valence-corrected chi connectivity index (χ4v) is 2.53. The van der Waals surface area contributed by atoms with Gasteiger partial charge in [-0.1, -0.05) is 0 Å². The standard InChI is InChI=1S/C12H23N3O2/c1-15-5-2-3-10(9-15)7-14-12(16)11-8-13-4-6-17-11/h10-11,13H,2-9H2,1H3,(H,14,16). The fraction of sp³-hybridized carbons (Fsp3) is 0.917. The van der Waals surface area contributed by atoms with E-state index in [2.05, 4.69) is 22.6 Å². The normalized spacial score (nSPS) is 31.1. The summed E-state index contributed by atoms with van der Waals surface area (Å²) in [6.07, 6.45) is 2.15. The number of hydrogen-bond acceptors (Lipinski definition) is 4. The van der Waals surface area contributed by atoms with E-state index in [0.717, 1.165) is 19.6 Å². The second kappa shape index (κ2) is 6.33. The Morgan fingerprint density at radius 2 is 2.47 bits per heavy atom. The molecule has 0 bridgehead atoms. The molecule has 0 aromatic carbocycles. The Bertz CT molecular complexity index is 254. The van der Waals surface area contributed by atoms with E-state index < -0.39 is 0 Å². The fourth-order valence-electron chi connectivity index (χ4n) is 2.53. The molecule has 5 heteroatoms. The summed E-state index contributed by atoms with van der Waals surface area (Å²) in [4.78, 5) is 14.2. The topological polar surface area (TPSA) is 53.6 Å². The van der Waals surface area contributed by atoms with Crippen LogP contribution < -0.4 is 10.6 Å². The lowest BCUT2D eigenvalue weighted by atomic mass is 9.98. The van der Waals surface area contributed by atoms with Crippen molar-refractivity contribution in [2.24, 2.45) is 5.92 Å². The highest BCUT2D eigenvalue weighted by molar-refractivity contribution is 5.81. The third-order valence-electron chi connectivity index (χ3n) is 3.51. The van der Waals surface area contributed by atoms with Crippen molar-refractivity contribution in [2.45, 2.75) is 18.9 Å². The number of rotatable bonds is 3. The molecular weight excluding hydrogens is 218 g/mol. The van der Waals surface area contributed by atoms with Crippen LogP contribution in [0.4, 0.5) is 0 Å². The van der Waals surface area contributed by atoms with E-state index in [1.165, 1.54) is 19.4 Å². The van der Waals surface area contributed by atoms with Gasteiger partial charge in [-0.3, -0.25) is 4.79 Å². The van der Waals surface area contributed by atoms with Crippen LogP contribution in [0, 0.1) is 5.92 Å². The predicted molar refractivity (Wildman–Crippen MR) is 65.8 cm³/mol. The zero-order chi connectivity index (χ0) is 12.1. The largest absolute Gasteiger partial charge is 0.366 e. The van der Waals surface area contributed by atoms with E-state index in [1.807, 2.05) is 0 Å². The maximum absolute atomic E-state index is 11.8. The van der Waals surface area contributed by atoms with Gasteiger partial charge in [-0.05, 0) is 32.4 Å². The van der Waals surface area contributed by atoms with Gasteiger partial charge in [0, 0.05) is 26.2 Å². The highest BCUT2D eigenvalue weighted by Crippen LogP contribution is 2.13. The van der Waals surface area contributed by atoms with Gasteiger partial charge in [0.2, 0.25) is 5.91 Å². The van der Waals surface area contributed by atoms with E-state index in [1.54, 1.807) is 0 Å². The Kier molecular flexibility index (Phi) is 4.76. The van der Waals surface area contributed by atoms with Crippen LogP contribution in [0.3, 0.4) is 0 Å². The molecule has 0 spiro atoms. The lowest BCUT2D eigenvalue weighted by Crippen LogP contribution is -2.49. The van der Waals surface area contributed by atoms with E-state index in [9.17, 15) is 4.79 Å². The van der Waals surface area contributed by atoms with Crippen LogP contribution in [0.1, 0.15) is 12.8 Å². The van der Waals surface area contributed by atoms with Gasteiger partial charge >= 0.3 is 0 Å². The number of nitrogens with zero attached hydrogens (tertiary/aromatic N) is 1. The number of morpholine rings is 1. The summed E-state index contributed by atoms with van der Waals surface area (Å²) in [6, 6.07) is 0. The maximum Gasteiger partial charge on any atom is 0.250 e. The minimum Gasteiger partial charge on any atom is -0.366 e. The van der Waals surface area contributed by atoms with Crippen molar-refractivity contribution >= 4 is 5.91 Å². The predicted octanol–water partition coefficient (Wildman–Crippen LogP) is -0.567. The molecule has 98 valence electrons. The minimum atomic E-state index is -0.301. The summed E-state index contributed by atoms with van der Waals surface area (Å²) < 4.78 is 5.42. The van der Waals surface area contributed by atoms with Crippen LogP contribution in [0.5, 0.6) is 0 Å². The monoisotopic (exact) mass is 241 g/mol. The molecule has 2 unspecified atom stereocenters. The number of amides is 1. The highest BCUT2D eigenvalue weighted by atomic mass is 16.5. The molecule has 2 aliphatic heterocycles. The first-order valence-corrected chi connectivity index (χ1v) is 6.54. The SMILES string of the molecule is CN1CCCC(CNC(=O)C2CNCCO2)C1. The smallest absolute Gasteiger partial charge is 0.250 e. The molecule has 2 fully saturated rings. The average molecular weight is 241 g/mol. The van der Waals surface area contributed by atoms with Gasteiger partial charge in [-0.25, -0.2) is 0 Å². The first kappa shape index (κ1) is 12.8. The van der Waals surface area contributed by atoms with Crippen molar-refractivity contribution in [2.75, 3.05) is 46.4 Å². The molecule has 2 saturated heterocycles. The Morgan fingerprint density at radius 3 is 3.18 bits per heavy atom. The molecule has 5 nitrogen and oxygen atoms in total. The molecule has 2 rings (SSSR count). The molecule has 17 heavy (non-hydrogen) atoms. The van der Waals surface area contributed by atoms with Crippen LogP contribution in [-0.4, -0.2) is 63.3 Å². The van der Waals surface area contributed by atoms with Gasteiger partial charge in [-0.15, -0.1) is 0 Å². The Labute approximate surface area is 103 Å². The second-order valence-electron chi connectivity index (χ2n) is 5.08. The number of carbonyl (C=O) groups excluding carboxylic acids is 1. The first-order chi connectivity index (χ1) is 8.25. The van der Waals surface area contributed by atoms with Crippen LogP contribution in [0.2, 0.25) is 0 Å². The lowest BCUT2D eigenvalue weighted by Gasteiger charge is -2.30. The maximum atomic E-state index is 11.8. The van der Waals surface area contributed by atoms with Gasteiger partial charge in [0.1, 0.15) is 6.10 Å². The quantitative estimate of drug-likeness (QED) is 0.695. The molecule has 2 N–H and O–H groups in total. The molecule has 0 aliphatic carbocycles. The number of hydrogen-bond donors (Lipinski definition) is 2. The van der Waals surface area contributed by atoms with Crippen molar-refractivity contribution in [3.05, 3.63) is 0 Å². The number of ether oxygens (including phenoxy) is 1. The van der Waals surface area contributed by atoms with E-state index in [4.69, 9.17) is 4.74 Å². The van der Waals surface area contributed by atoms with Crippen molar-refractivity contribution in [3.63, 3.8) is 0 Å². The van der Waals surface area contributed by atoms with Gasteiger partial charge in [-0.2, -0.15) is 0 Å². The first-order valence-electron chi connectivity index (χ1n) is 6.54. The zero-order valence-electron chi connectivity index (χ0n) is 10.6. The summed E-state index contributed by atoms with van der Waals surface area (Å²) in [5, 5.41) is 6.18. The molecule has 2 heterocycles. The van der Waals surface area contributed by atoms with Gasteiger partial charge < -0.3 is 20.3 Å². The van der Waals surface area contributed by atoms with Crippen molar-refractivity contribution in [1.82, 2.24) is 15.5 Å². The van der Waals surface area contributed by atoms with Crippen LogP contribution in [0.15, 0.2) is 0 Å². The highest BCUT2D eigenvalue weighted by Gasteiger charge is 2.23. The minimum absolute atomic E-state index is 0.0328. The Morgan fingerprint density at radius 1 is 1.59 bits per heavy atom. The molecular formula is C12H23N3O2. The van der Waals surface area contributed by atoms with Gasteiger partial charge in [0.05, 0.1) is 6.61 Å². The zero-order valence-corrected chi connectivity index (χ0v) is 10.6. The van der Waals surface area contributed by atoms with E-state index in [0.29, 0.717) is 19.1 Å². The van der Waals surface area contributed by atoms with E-state index >= 15 is 0 Å². The summed E-state index contributed by atoms with van der Waals surface area (Å²) >= 11 is 0. The molecule has 1 amide bonds. The summed E-state index contributed by atoms with van der Waals surface area (Å²) in [7, 11) is 2.14. The third kappa shape index (κ3) is 3.94. The van der Waals surface area contributed by atoms with E-state index in [-0.39, 0.29) is 12.0 Å². The van der Waals surface area contributed by atoms with Crippen molar-refractivity contribution in [1.29, 1.82) is 0 Å². The Hall–Kier alpha value is -0.650. The molecule has 0 radical (unpaired) electrons. The van der Waals surface area contributed by atoms with Gasteiger partial charge in [0.25, 0.3) is 0 Å². The lowest BCUT2D eigenvalue weighted by molar-refractivity contribution is -0.134. The summed E-state index contributed by atoms with van der Waals surface area (Å²) in [5.41, 5.74) is 0. The van der Waals surface area contributed by atoms with Crippen LogP contribution in [-0.2, 0) is 9.53 Å². The number of likely N-dealkylation sites (tertiary alicyclic amines) is 1. The number of carbonyl (C=O) groups is 1. The van der Waals surface area contributed by atoms with Crippen molar-refractivity contribution < 1.29 is 9.53 Å². The Balaban J connectivity index is 1.68. The number of piperidine rings is 1. The molecule has 0 saturated carbocycles. The molecule has 0 aromatic rings. The summed E-state index contributed by atoms with van der Waals surface area (Å²) in [6.45, 7) is 5.16.